The number of amides is 1. The molecule has 1 heterocycles. The lowest BCUT2D eigenvalue weighted by Gasteiger charge is -2.40. The van der Waals surface area contributed by atoms with Gasteiger partial charge in [0.05, 0.1) is 25.4 Å². The standard InChI is InChI=1S/C76H133NO8/c1-3-5-7-9-11-13-15-17-19-21-23-25-27-29-30-31-32-33-34-35-36-37-38-39-40-42-44-46-48-50-52-54-56-58-60-62-64-66-72(80)77-69(68-84-76-75(83)74(82)73(81)71(67-78)85-76)70(79)65-63-61-59-57-55-53-51-49-47-45-43-41-28-26-24-22-20-18-16-14-12-10-8-6-4-2/h5,7,11,13,17,19,23,25,29-30,32-33,35-36,38-39,63,65,69-71,73-76,78-79,81-83H,3-4,6,8-10,12,14-16,18,20-22,24,26-28,31,34,37,40-62,64,66-68H2,1-2H3,(H,77,80)/b7-5-,13-11-,19-17-,25-23-,30-29-,33-32-,36-35-,39-38-,65-63+. The summed E-state index contributed by atoms with van der Waals surface area (Å²) in [6.07, 6.45) is 87.5. The molecular formula is C76H133NO8. The third-order valence-corrected chi connectivity index (χ3v) is 16.4. The topological polar surface area (TPSA) is 149 Å². The average Bonchev–Trinajstić information content (AvgIpc) is 3.57. The van der Waals surface area contributed by atoms with Crippen LogP contribution in [0.1, 0.15) is 309 Å². The minimum Gasteiger partial charge on any atom is -0.394 e. The van der Waals surface area contributed by atoms with E-state index >= 15 is 0 Å². The number of carbonyl (C=O) groups excluding carboxylic acids is 1. The minimum absolute atomic E-state index is 0.179. The first-order valence-corrected chi connectivity index (χ1v) is 35.6. The Hall–Kier alpha value is -3.15. The number of nitrogens with one attached hydrogen (secondary N) is 1. The summed E-state index contributed by atoms with van der Waals surface area (Å²) in [5, 5.41) is 54.8. The van der Waals surface area contributed by atoms with Crippen LogP contribution in [-0.4, -0.2) is 87.5 Å². The largest absolute Gasteiger partial charge is 0.394 e. The van der Waals surface area contributed by atoms with Gasteiger partial charge in [0, 0.05) is 6.42 Å². The number of hydrogen-bond acceptors (Lipinski definition) is 8. The summed E-state index contributed by atoms with van der Waals surface area (Å²) in [6, 6.07) is -0.814. The maximum Gasteiger partial charge on any atom is 0.220 e. The van der Waals surface area contributed by atoms with Crippen molar-refractivity contribution in [2.24, 2.45) is 0 Å². The molecule has 1 aliphatic heterocycles. The van der Waals surface area contributed by atoms with Gasteiger partial charge in [-0.3, -0.25) is 4.79 Å². The molecule has 490 valence electrons. The Morgan fingerprint density at radius 3 is 1.08 bits per heavy atom. The number of hydrogen-bond donors (Lipinski definition) is 6. The first kappa shape index (κ1) is 79.9. The van der Waals surface area contributed by atoms with Crippen LogP contribution in [-0.2, 0) is 14.3 Å². The summed E-state index contributed by atoms with van der Waals surface area (Å²) in [5.41, 5.74) is 0. The second kappa shape index (κ2) is 63.9. The molecule has 1 rings (SSSR count). The Morgan fingerprint density at radius 1 is 0.412 bits per heavy atom. The van der Waals surface area contributed by atoms with Crippen molar-refractivity contribution in [3.8, 4) is 0 Å². The molecule has 7 atom stereocenters. The van der Waals surface area contributed by atoms with E-state index in [1.807, 2.05) is 6.08 Å². The third-order valence-electron chi connectivity index (χ3n) is 16.4. The van der Waals surface area contributed by atoms with E-state index in [1.54, 1.807) is 6.08 Å². The van der Waals surface area contributed by atoms with E-state index in [0.29, 0.717) is 6.42 Å². The summed E-state index contributed by atoms with van der Waals surface area (Å²) in [5.74, 6) is -0.179. The molecule has 85 heavy (non-hydrogen) atoms. The second-order valence-corrected chi connectivity index (χ2v) is 24.3. The molecule has 9 nitrogen and oxygen atoms in total. The number of allylic oxidation sites excluding steroid dienone is 17. The van der Waals surface area contributed by atoms with Gasteiger partial charge < -0.3 is 40.3 Å². The lowest BCUT2D eigenvalue weighted by molar-refractivity contribution is -0.302. The molecule has 1 aliphatic rings. The molecule has 1 amide bonds. The summed E-state index contributed by atoms with van der Waals surface area (Å²) >= 11 is 0. The van der Waals surface area contributed by atoms with Gasteiger partial charge in [-0.1, -0.05) is 329 Å². The highest BCUT2D eigenvalue weighted by molar-refractivity contribution is 5.76. The normalized spacial score (nSPS) is 18.8. The van der Waals surface area contributed by atoms with E-state index in [1.165, 1.54) is 199 Å². The highest BCUT2D eigenvalue weighted by atomic mass is 16.7. The van der Waals surface area contributed by atoms with Crippen molar-refractivity contribution in [1.29, 1.82) is 0 Å². The first-order chi connectivity index (χ1) is 41.8. The van der Waals surface area contributed by atoms with Crippen LogP contribution in [0.4, 0.5) is 0 Å². The zero-order valence-corrected chi connectivity index (χ0v) is 54.8. The van der Waals surface area contributed by atoms with Crippen LogP contribution in [0.2, 0.25) is 0 Å². The van der Waals surface area contributed by atoms with E-state index in [0.717, 1.165) is 89.9 Å². The molecule has 1 fully saturated rings. The molecule has 0 radical (unpaired) electrons. The number of ether oxygens (including phenoxy) is 2. The Morgan fingerprint density at radius 2 is 0.729 bits per heavy atom. The molecule has 1 saturated heterocycles. The van der Waals surface area contributed by atoms with Crippen molar-refractivity contribution in [2.75, 3.05) is 13.2 Å². The molecule has 7 unspecified atom stereocenters. The zero-order valence-electron chi connectivity index (χ0n) is 54.8. The maximum atomic E-state index is 13.1. The summed E-state index contributed by atoms with van der Waals surface area (Å²) < 4.78 is 11.3. The van der Waals surface area contributed by atoms with Crippen molar-refractivity contribution in [1.82, 2.24) is 5.32 Å². The van der Waals surface area contributed by atoms with Crippen LogP contribution >= 0.6 is 0 Å². The molecule has 0 aromatic rings. The SMILES string of the molecule is CC/C=C\C/C=C\C/C=C\C/C=C\C/C=C\C/C=C\C/C=C\C/C=C\CCCCCCCCCCCCCCC(=O)NC(COC1OC(CO)C(O)C(O)C1O)C(O)/C=C/CCCCCCCCCCCCCCCCCCCCCCCCC. The molecule has 0 saturated carbocycles. The first-order valence-electron chi connectivity index (χ1n) is 35.6. The molecule has 0 aliphatic carbocycles. The number of unbranched alkanes of at least 4 members (excludes halogenated alkanes) is 35. The van der Waals surface area contributed by atoms with Gasteiger partial charge in [0.25, 0.3) is 0 Å². The zero-order chi connectivity index (χ0) is 61.4. The van der Waals surface area contributed by atoms with E-state index in [9.17, 15) is 30.3 Å². The molecular weight excluding hydrogens is 1050 g/mol. The Labute approximate surface area is 523 Å². The smallest absolute Gasteiger partial charge is 0.220 e. The molecule has 0 aromatic carbocycles. The van der Waals surface area contributed by atoms with Gasteiger partial charge in [-0.15, -0.1) is 0 Å². The van der Waals surface area contributed by atoms with Gasteiger partial charge in [-0.25, -0.2) is 0 Å². The minimum atomic E-state index is -1.57. The van der Waals surface area contributed by atoms with Crippen LogP contribution in [0.5, 0.6) is 0 Å². The third kappa shape index (κ3) is 52.5. The highest BCUT2D eigenvalue weighted by Crippen LogP contribution is 2.23. The Bertz CT molecular complexity index is 1710. The van der Waals surface area contributed by atoms with Crippen LogP contribution in [0.25, 0.3) is 0 Å². The average molecular weight is 1190 g/mol. The molecule has 9 heteroatoms. The van der Waals surface area contributed by atoms with E-state index in [4.69, 9.17) is 9.47 Å². The molecule has 0 spiro atoms. The predicted octanol–water partition coefficient (Wildman–Crippen LogP) is 19.6. The fourth-order valence-electron chi connectivity index (χ4n) is 10.8. The van der Waals surface area contributed by atoms with Crippen LogP contribution in [0.15, 0.2) is 109 Å². The summed E-state index contributed by atoms with van der Waals surface area (Å²) in [6.45, 7) is 3.69. The lowest BCUT2D eigenvalue weighted by Crippen LogP contribution is -2.60. The summed E-state index contributed by atoms with van der Waals surface area (Å²) in [4.78, 5) is 13.1. The van der Waals surface area contributed by atoms with Crippen molar-refractivity contribution in [3.05, 3.63) is 109 Å². The van der Waals surface area contributed by atoms with Crippen molar-refractivity contribution in [2.45, 2.75) is 352 Å². The van der Waals surface area contributed by atoms with Gasteiger partial charge in [0.2, 0.25) is 5.91 Å². The van der Waals surface area contributed by atoms with Crippen molar-refractivity contribution >= 4 is 5.91 Å². The number of aliphatic hydroxyl groups excluding tert-OH is 5. The lowest BCUT2D eigenvalue weighted by atomic mass is 9.99. The quantitative estimate of drug-likeness (QED) is 0.0261. The summed E-state index contributed by atoms with van der Waals surface area (Å²) in [7, 11) is 0. The van der Waals surface area contributed by atoms with E-state index in [-0.39, 0.29) is 12.5 Å². The van der Waals surface area contributed by atoms with Crippen LogP contribution in [0.3, 0.4) is 0 Å². The number of rotatable bonds is 61. The van der Waals surface area contributed by atoms with Gasteiger partial charge >= 0.3 is 0 Å². The Balaban J connectivity index is 2.14. The molecule has 0 aromatic heterocycles. The highest BCUT2D eigenvalue weighted by Gasteiger charge is 2.44. The van der Waals surface area contributed by atoms with Gasteiger partial charge in [0.15, 0.2) is 6.29 Å². The van der Waals surface area contributed by atoms with E-state index in [2.05, 4.69) is 116 Å². The predicted molar refractivity (Wildman–Crippen MR) is 364 cm³/mol. The fraction of sp³-hybridized carbons (Fsp3) is 0.750. The van der Waals surface area contributed by atoms with Gasteiger partial charge in [0.1, 0.15) is 24.4 Å². The maximum absolute atomic E-state index is 13.1. The number of aliphatic hydroxyl groups is 5. The Kier molecular flexibility index (Phi) is 60.0. The van der Waals surface area contributed by atoms with Crippen molar-refractivity contribution < 1.29 is 39.8 Å². The van der Waals surface area contributed by atoms with Crippen molar-refractivity contribution in [3.63, 3.8) is 0 Å². The van der Waals surface area contributed by atoms with Crippen LogP contribution < -0.4 is 5.32 Å². The number of carbonyl (C=O) groups is 1. The molecule has 6 N–H and O–H groups in total. The second-order valence-electron chi connectivity index (χ2n) is 24.3. The van der Waals surface area contributed by atoms with E-state index < -0.39 is 49.5 Å². The monoisotopic (exact) mass is 1190 g/mol. The molecule has 0 bridgehead atoms. The van der Waals surface area contributed by atoms with Gasteiger partial charge in [-0.05, 0) is 83.5 Å². The van der Waals surface area contributed by atoms with Gasteiger partial charge in [-0.2, -0.15) is 0 Å². The van der Waals surface area contributed by atoms with Crippen LogP contribution in [0, 0.1) is 0 Å². The fourth-order valence-corrected chi connectivity index (χ4v) is 10.8.